The molecule has 5 nitrogen and oxygen atoms in total. The summed E-state index contributed by atoms with van der Waals surface area (Å²) in [5, 5.41) is 7.00. The molecule has 1 saturated carbocycles. The Morgan fingerprint density at radius 1 is 1.04 bits per heavy atom. The lowest BCUT2D eigenvalue weighted by Gasteiger charge is -2.12. The lowest BCUT2D eigenvalue weighted by molar-refractivity contribution is 0.135. The molecule has 1 fully saturated rings. The number of carbonyl (C=O) groups excluding carboxylic acids is 1. The number of alkyl carbamates (subject to hydrolysis) is 1. The van der Waals surface area contributed by atoms with Gasteiger partial charge in [-0.1, -0.05) is 72.6 Å². The van der Waals surface area contributed by atoms with Crippen LogP contribution in [0.1, 0.15) is 36.9 Å². The van der Waals surface area contributed by atoms with Gasteiger partial charge < -0.3 is 14.6 Å². The number of benzene rings is 2. The number of hydrogen-bond donors (Lipinski definition) is 1. The fraction of sp³-hybridized carbons (Fsp3) is 0.304. The molecule has 1 heterocycles. The van der Waals surface area contributed by atoms with Crippen molar-refractivity contribution in [2.75, 3.05) is 0 Å². The maximum absolute atomic E-state index is 12.1. The number of carbonyl (C=O) groups is 1. The van der Waals surface area contributed by atoms with Crippen LogP contribution in [0.3, 0.4) is 0 Å². The van der Waals surface area contributed by atoms with Crippen molar-refractivity contribution in [3.63, 3.8) is 0 Å². The molecule has 144 valence electrons. The first-order valence-electron chi connectivity index (χ1n) is 9.75. The standard InChI is InChI=1S/C23H24N2O3/c1-16-21(15-27-23(26)24-20-9-5-6-10-20)22(28-25-16)19-13-11-18(12-14-19)17-7-3-2-4-8-17/h2-4,7-8,11-14,20H,5-6,9-10,15H2,1H3,(H,24,26). The van der Waals surface area contributed by atoms with Gasteiger partial charge in [-0.25, -0.2) is 4.79 Å². The Morgan fingerprint density at radius 2 is 1.68 bits per heavy atom. The number of amides is 1. The van der Waals surface area contributed by atoms with Crippen LogP contribution in [-0.4, -0.2) is 17.3 Å². The van der Waals surface area contributed by atoms with E-state index in [1.54, 1.807) is 0 Å². The highest BCUT2D eigenvalue weighted by atomic mass is 16.5. The molecule has 28 heavy (non-hydrogen) atoms. The van der Waals surface area contributed by atoms with E-state index in [4.69, 9.17) is 9.26 Å². The lowest BCUT2D eigenvalue weighted by Crippen LogP contribution is -2.33. The van der Waals surface area contributed by atoms with Gasteiger partial charge in [0.15, 0.2) is 5.76 Å². The summed E-state index contributed by atoms with van der Waals surface area (Å²) in [6.45, 7) is 2.00. The number of aromatic nitrogens is 1. The van der Waals surface area contributed by atoms with Crippen molar-refractivity contribution in [2.45, 2.75) is 45.3 Å². The second kappa shape index (κ2) is 8.30. The molecule has 1 aliphatic rings. The fourth-order valence-corrected chi connectivity index (χ4v) is 3.65. The number of nitrogens with zero attached hydrogens (tertiary/aromatic N) is 1. The second-order valence-electron chi connectivity index (χ2n) is 7.22. The van der Waals surface area contributed by atoms with E-state index in [9.17, 15) is 4.79 Å². The van der Waals surface area contributed by atoms with Crippen LogP contribution in [0.5, 0.6) is 0 Å². The topological polar surface area (TPSA) is 64.4 Å². The van der Waals surface area contributed by atoms with E-state index in [0.717, 1.165) is 40.8 Å². The highest BCUT2D eigenvalue weighted by molar-refractivity contribution is 5.70. The molecule has 0 aliphatic heterocycles. The van der Waals surface area contributed by atoms with Gasteiger partial charge in [0, 0.05) is 11.6 Å². The first-order chi connectivity index (χ1) is 13.7. The molecule has 0 spiro atoms. The smallest absolute Gasteiger partial charge is 0.407 e. The van der Waals surface area contributed by atoms with E-state index in [2.05, 4.69) is 34.7 Å². The van der Waals surface area contributed by atoms with Gasteiger partial charge in [-0.15, -0.1) is 0 Å². The van der Waals surface area contributed by atoms with E-state index in [1.807, 2.05) is 37.3 Å². The summed E-state index contributed by atoms with van der Waals surface area (Å²) in [5.41, 5.74) is 4.74. The summed E-state index contributed by atoms with van der Waals surface area (Å²) in [6, 6.07) is 18.6. The van der Waals surface area contributed by atoms with Crippen molar-refractivity contribution in [3.8, 4) is 22.5 Å². The maximum Gasteiger partial charge on any atom is 0.407 e. The van der Waals surface area contributed by atoms with Gasteiger partial charge in [-0.2, -0.15) is 0 Å². The number of aryl methyl sites for hydroxylation is 1. The number of hydrogen-bond acceptors (Lipinski definition) is 4. The molecule has 0 radical (unpaired) electrons. The molecule has 2 aromatic carbocycles. The van der Waals surface area contributed by atoms with Gasteiger partial charge in [0.1, 0.15) is 6.61 Å². The average Bonchev–Trinajstić information content (AvgIpc) is 3.37. The van der Waals surface area contributed by atoms with E-state index in [0.29, 0.717) is 5.76 Å². The van der Waals surface area contributed by atoms with Crippen molar-refractivity contribution < 1.29 is 14.1 Å². The zero-order chi connectivity index (χ0) is 19.3. The minimum atomic E-state index is -0.377. The largest absolute Gasteiger partial charge is 0.444 e. The second-order valence-corrected chi connectivity index (χ2v) is 7.22. The SMILES string of the molecule is Cc1noc(-c2ccc(-c3ccccc3)cc2)c1COC(=O)NC1CCCC1. The van der Waals surface area contributed by atoms with E-state index in [-0.39, 0.29) is 18.7 Å². The zero-order valence-electron chi connectivity index (χ0n) is 16.0. The van der Waals surface area contributed by atoms with Crippen LogP contribution in [0.25, 0.3) is 22.5 Å². The van der Waals surface area contributed by atoms with Gasteiger partial charge >= 0.3 is 6.09 Å². The quantitative estimate of drug-likeness (QED) is 0.640. The van der Waals surface area contributed by atoms with Crippen LogP contribution in [-0.2, 0) is 11.3 Å². The molecule has 4 rings (SSSR count). The Balaban J connectivity index is 1.46. The van der Waals surface area contributed by atoms with E-state index in [1.165, 1.54) is 12.8 Å². The van der Waals surface area contributed by atoms with Gasteiger partial charge in [-0.3, -0.25) is 0 Å². The summed E-state index contributed by atoms with van der Waals surface area (Å²) in [6.07, 6.45) is 4.01. The number of rotatable bonds is 5. The van der Waals surface area contributed by atoms with Crippen LogP contribution < -0.4 is 5.32 Å². The fourth-order valence-electron chi connectivity index (χ4n) is 3.65. The molecule has 0 unspecified atom stereocenters. The highest BCUT2D eigenvalue weighted by Crippen LogP contribution is 2.29. The summed E-state index contributed by atoms with van der Waals surface area (Å²) in [7, 11) is 0. The highest BCUT2D eigenvalue weighted by Gasteiger charge is 2.20. The molecule has 1 amide bonds. The summed E-state index contributed by atoms with van der Waals surface area (Å²) < 4.78 is 11.0. The normalized spacial score (nSPS) is 14.2. The van der Waals surface area contributed by atoms with Crippen molar-refractivity contribution in [2.24, 2.45) is 0 Å². The Hall–Kier alpha value is -3.08. The predicted octanol–water partition coefficient (Wildman–Crippen LogP) is 5.49. The van der Waals surface area contributed by atoms with Crippen molar-refractivity contribution in [1.82, 2.24) is 10.5 Å². The van der Waals surface area contributed by atoms with Gasteiger partial charge in [0.05, 0.1) is 11.3 Å². The van der Waals surface area contributed by atoms with Gasteiger partial charge in [0.2, 0.25) is 0 Å². The first kappa shape index (κ1) is 18.3. The Labute approximate surface area is 164 Å². The lowest BCUT2D eigenvalue weighted by atomic mass is 10.0. The van der Waals surface area contributed by atoms with Gasteiger partial charge in [-0.05, 0) is 30.9 Å². The molecule has 0 atom stereocenters. The van der Waals surface area contributed by atoms with Crippen molar-refractivity contribution in [3.05, 3.63) is 65.9 Å². The molecular formula is C23H24N2O3. The minimum absolute atomic E-state index is 0.143. The molecule has 1 aliphatic carbocycles. The molecule has 0 bridgehead atoms. The molecule has 1 N–H and O–H groups in total. The van der Waals surface area contributed by atoms with Crippen LogP contribution in [0.15, 0.2) is 59.1 Å². The Kier molecular flexibility index (Phi) is 5.42. The average molecular weight is 376 g/mol. The maximum atomic E-state index is 12.1. The van der Waals surface area contributed by atoms with Crippen LogP contribution in [0.2, 0.25) is 0 Å². The first-order valence-corrected chi connectivity index (χ1v) is 9.75. The van der Waals surface area contributed by atoms with E-state index >= 15 is 0 Å². The summed E-state index contributed by atoms with van der Waals surface area (Å²) >= 11 is 0. The summed E-state index contributed by atoms with van der Waals surface area (Å²) in [5.74, 6) is 0.644. The Morgan fingerprint density at radius 3 is 2.39 bits per heavy atom. The molecule has 3 aromatic rings. The third-order valence-electron chi connectivity index (χ3n) is 5.26. The van der Waals surface area contributed by atoms with E-state index < -0.39 is 0 Å². The van der Waals surface area contributed by atoms with Crippen molar-refractivity contribution >= 4 is 6.09 Å². The van der Waals surface area contributed by atoms with Crippen LogP contribution >= 0.6 is 0 Å². The monoisotopic (exact) mass is 376 g/mol. The molecule has 5 heteroatoms. The van der Waals surface area contributed by atoms with Gasteiger partial charge in [0.25, 0.3) is 0 Å². The number of ether oxygens (including phenoxy) is 1. The van der Waals surface area contributed by atoms with Crippen LogP contribution in [0.4, 0.5) is 4.79 Å². The van der Waals surface area contributed by atoms with Crippen molar-refractivity contribution in [1.29, 1.82) is 0 Å². The zero-order valence-corrected chi connectivity index (χ0v) is 16.0. The Bertz CT molecular complexity index is 926. The molecule has 1 aromatic heterocycles. The number of nitrogens with one attached hydrogen (secondary N) is 1. The summed E-state index contributed by atoms with van der Waals surface area (Å²) in [4.78, 5) is 12.1. The molecular weight excluding hydrogens is 352 g/mol. The van der Waals surface area contributed by atoms with Crippen LogP contribution in [0, 0.1) is 6.92 Å². The predicted molar refractivity (Wildman–Crippen MR) is 108 cm³/mol. The third-order valence-corrected chi connectivity index (χ3v) is 5.26. The third kappa shape index (κ3) is 4.09. The minimum Gasteiger partial charge on any atom is -0.444 e. The molecule has 0 saturated heterocycles.